The van der Waals surface area contributed by atoms with Gasteiger partial charge in [0, 0.05) is 13.1 Å². The van der Waals surface area contributed by atoms with Gasteiger partial charge in [-0.15, -0.1) is 0 Å². The number of nitrogens with zero attached hydrogens (tertiary/aromatic N) is 1. The summed E-state index contributed by atoms with van der Waals surface area (Å²) in [5.41, 5.74) is 5.44. The number of rotatable bonds is 1. The number of benzene rings is 1. The minimum Gasteiger partial charge on any atom is -0.354 e. The predicted molar refractivity (Wildman–Crippen MR) is 75.5 cm³/mol. The molecule has 18 heavy (non-hydrogen) atoms. The molecule has 1 saturated heterocycles. The van der Waals surface area contributed by atoms with Crippen molar-refractivity contribution in [1.82, 2.24) is 10.6 Å². The molecule has 0 bridgehead atoms. The summed E-state index contributed by atoms with van der Waals surface area (Å²) in [6.45, 7) is 6.45. The quantitative estimate of drug-likeness (QED) is 0.794. The van der Waals surface area contributed by atoms with Crippen molar-refractivity contribution in [2.75, 3.05) is 13.1 Å². The molecule has 0 radical (unpaired) electrons. The van der Waals surface area contributed by atoms with Gasteiger partial charge in [0.05, 0.1) is 5.69 Å². The topological polar surface area (TPSA) is 36.4 Å². The van der Waals surface area contributed by atoms with E-state index in [1.807, 2.05) is 0 Å². The molecule has 1 unspecified atom stereocenters. The monoisotopic (exact) mass is 243 g/mol. The van der Waals surface area contributed by atoms with Gasteiger partial charge in [0.1, 0.15) is 0 Å². The molecule has 1 fully saturated rings. The van der Waals surface area contributed by atoms with Crippen molar-refractivity contribution in [3.8, 4) is 0 Å². The third-order valence-corrected chi connectivity index (χ3v) is 3.97. The number of nitrogens with one attached hydrogen (secondary N) is 2. The number of aryl methyl sites for hydroxylation is 2. The molecular weight excluding hydrogens is 222 g/mol. The van der Waals surface area contributed by atoms with Crippen LogP contribution in [0.4, 0.5) is 5.69 Å². The fraction of sp³-hybridized carbons (Fsp3) is 0.533. The zero-order chi connectivity index (χ0) is 12.5. The van der Waals surface area contributed by atoms with Crippen LogP contribution < -0.4 is 10.6 Å². The van der Waals surface area contributed by atoms with Crippen molar-refractivity contribution in [2.45, 2.75) is 33.1 Å². The molecule has 1 aromatic carbocycles. The number of aliphatic imine (C=N–C) groups is 1. The second-order valence-electron chi connectivity index (χ2n) is 5.53. The lowest BCUT2D eigenvalue weighted by Crippen LogP contribution is -2.23. The van der Waals surface area contributed by atoms with E-state index in [1.54, 1.807) is 0 Å². The van der Waals surface area contributed by atoms with Crippen molar-refractivity contribution >= 4 is 11.6 Å². The van der Waals surface area contributed by atoms with Gasteiger partial charge < -0.3 is 10.6 Å². The van der Waals surface area contributed by atoms with E-state index in [9.17, 15) is 0 Å². The molecule has 1 aromatic rings. The number of hydrogen-bond acceptors (Lipinski definition) is 1. The molecule has 2 N–H and O–H groups in total. The number of hydrogen-bond donors (Lipinski definition) is 2. The maximum atomic E-state index is 4.80. The van der Waals surface area contributed by atoms with Crippen molar-refractivity contribution in [3.05, 3.63) is 28.8 Å². The van der Waals surface area contributed by atoms with Crippen LogP contribution in [0.3, 0.4) is 0 Å². The second-order valence-corrected chi connectivity index (χ2v) is 5.53. The zero-order valence-electron chi connectivity index (χ0n) is 11.2. The Labute approximate surface area is 109 Å². The third-order valence-electron chi connectivity index (χ3n) is 3.97. The Kier molecular flexibility index (Phi) is 2.98. The summed E-state index contributed by atoms with van der Waals surface area (Å²) >= 11 is 0. The lowest BCUT2D eigenvalue weighted by Gasteiger charge is -2.24. The van der Waals surface area contributed by atoms with Gasteiger partial charge >= 0.3 is 0 Å². The molecule has 1 aliphatic heterocycles. The molecule has 1 aliphatic carbocycles. The molecule has 3 heteroatoms. The Balaban J connectivity index is 2.04. The van der Waals surface area contributed by atoms with Crippen LogP contribution in [0, 0.1) is 12.8 Å². The van der Waals surface area contributed by atoms with E-state index in [-0.39, 0.29) is 0 Å². The van der Waals surface area contributed by atoms with Crippen LogP contribution in [-0.2, 0) is 12.8 Å². The van der Waals surface area contributed by atoms with Crippen LogP contribution in [0.25, 0.3) is 0 Å². The molecular formula is C15H21N3. The fourth-order valence-electron chi connectivity index (χ4n) is 2.88. The summed E-state index contributed by atoms with van der Waals surface area (Å²) in [7, 11) is 0. The minimum atomic E-state index is 0.780. The second kappa shape index (κ2) is 4.63. The number of guanidine groups is 1. The normalized spacial score (nSPS) is 22.1. The molecule has 0 amide bonds. The summed E-state index contributed by atoms with van der Waals surface area (Å²) in [6.07, 6.45) is 3.68. The molecule has 0 spiro atoms. The molecule has 3 rings (SSSR count). The first kappa shape index (κ1) is 11.6. The van der Waals surface area contributed by atoms with Crippen LogP contribution >= 0.6 is 0 Å². The van der Waals surface area contributed by atoms with Crippen LogP contribution in [-0.4, -0.2) is 19.0 Å². The van der Waals surface area contributed by atoms with Gasteiger partial charge in [0.2, 0.25) is 0 Å². The van der Waals surface area contributed by atoms with Gasteiger partial charge in [-0.1, -0.05) is 19.1 Å². The van der Waals surface area contributed by atoms with E-state index in [0.29, 0.717) is 0 Å². The van der Waals surface area contributed by atoms with Gasteiger partial charge in [-0.05, 0) is 48.8 Å². The summed E-state index contributed by atoms with van der Waals surface area (Å²) in [5.74, 6) is 1.72. The minimum absolute atomic E-state index is 0.780. The Morgan fingerprint density at radius 3 is 2.78 bits per heavy atom. The number of fused-ring (bicyclic) bond motifs is 1. The third kappa shape index (κ3) is 2.09. The molecule has 96 valence electrons. The Morgan fingerprint density at radius 2 is 2.00 bits per heavy atom. The van der Waals surface area contributed by atoms with Gasteiger partial charge in [0.25, 0.3) is 0 Å². The molecule has 0 saturated carbocycles. The van der Waals surface area contributed by atoms with Gasteiger partial charge in [-0.2, -0.15) is 0 Å². The highest BCUT2D eigenvalue weighted by atomic mass is 15.2. The summed E-state index contributed by atoms with van der Waals surface area (Å²) in [4.78, 5) is 4.80. The summed E-state index contributed by atoms with van der Waals surface area (Å²) in [6, 6.07) is 4.50. The highest BCUT2D eigenvalue weighted by Gasteiger charge is 2.20. The molecule has 2 aliphatic rings. The van der Waals surface area contributed by atoms with E-state index in [4.69, 9.17) is 4.99 Å². The van der Waals surface area contributed by atoms with E-state index in [1.165, 1.54) is 41.6 Å². The van der Waals surface area contributed by atoms with Gasteiger partial charge in [-0.3, -0.25) is 0 Å². The lowest BCUT2D eigenvalue weighted by molar-refractivity contribution is 0.501. The Hall–Kier alpha value is -1.51. The SMILES string of the molecule is Cc1ccc2c(c1N=C1NCCN1)CC(C)CC2. The first-order valence-corrected chi connectivity index (χ1v) is 6.92. The smallest absolute Gasteiger partial charge is 0.196 e. The van der Waals surface area contributed by atoms with Crippen molar-refractivity contribution in [3.63, 3.8) is 0 Å². The highest BCUT2D eigenvalue weighted by molar-refractivity contribution is 5.85. The first-order chi connectivity index (χ1) is 8.74. The van der Waals surface area contributed by atoms with E-state index in [2.05, 4.69) is 36.6 Å². The Bertz CT molecular complexity index is 483. The van der Waals surface area contributed by atoms with Crippen LogP contribution in [0.1, 0.15) is 30.0 Å². The van der Waals surface area contributed by atoms with E-state index in [0.717, 1.165) is 25.0 Å². The van der Waals surface area contributed by atoms with Crippen LogP contribution in [0.5, 0.6) is 0 Å². The van der Waals surface area contributed by atoms with Crippen molar-refractivity contribution in [1.29, 1.82) is 0 Å². The zero-order valence-corrected chi connectivity index (χ0v) is 11.2. The average molecular weight is 243 g/mol. The molecule has 0 aromatic heterocycles. The highest BCUT2D eigenvalue weighted by Crippen LogP contribution is 2.34. The predicted octanol–water partition coefficient (Wildman–Crippen LogP) is 2.30. The maximum absolute atomic E-state index is 4.80. The van der Waals surface area contributed by atoms with Crippen molar-refractivity contribution < 1.29 is 0 Å². The van der Waals surface area contributed by atoms with Gasteiger partial charge in [-0.25, -0.2) is 4.99 Å². The average Bonchev–Trinajstić information content (AvgIpc) is 2.86. The van der Waals surface area contributed by atoms with Crippen LogP contribution in [0.2, 0.25) is 0 Å². The van der Waals surface area contributed by atoms with E-state index < -0.39 is 0 Å². The van der Waals surface area contributed by atoms with Crippen molar-refractivity contribution in [2.24, 2.45) is 10.9 Å². The Morgan fingerprint density at radius 1 is 1.22 bits per heavy atom. The molecule has 1 heterocycles. The van der Waals surface area contributed by atoms with E-state index >= 15 is 0 Å². The standard InChI is InChI=1S/C15H21N3/c1-10-3-5-12-6-4-11(2)14(13(12)9-10)18-15-16-7-8-17-15/h4,6,10H,3,5,7-9H2,1-2H3,(H2,16,17,18). The summed E-state index contributed by atoms with van der Waals surface area (Å²) < 4.78 is 0. The van der Waals surface area contributed by atoms with Crippen LogP contribution in [0.15, 0.2) is 17.1 Å². The first-order valence-electron chi connectivity index (χ1n) is 6.92. The lowest BCUT2D eigenvalue weighted by atomic mass is 9.83. The maximum Gasteiger partial charge on any atom is 0.196 e. The summed E-state index contributed by atoms with van der Waals surface area (Å²) in [5, 5.41) is 6.58. The van der Waals surface area contributed by atoms with Gasteiger partial charge in [0.15, 0.2) is 5.96 Å². The fourth-order valence-corrected chi connectivity index (χ4v) is 2.88. The largest absolute Gasteiger partial charge is 0.354 e. The molecule has 1 atom stereocenters. The molecule has 3 nitrogen and oxygen atoms in total.